The van der Waals surface area contributed by atoms with E-state index in [-0.39, 0.29) is 34.1 Å². The Hall–Kier alpha value is -5.11. The summed E-state index contributed by atoms with van der Waals surface area (Å²) in [5.41, 5.74) is 14.3. The van der Waals surface area contributed by atoms with Gasteiger partial charge < -0.3 is 80.1 Å². The topological polar surface area (TPSA) is 553 Å². The number of nitrogens with one attached hydrogen (secondary N) is 2. The van der Waals surface area contributed by atoms with Crippen molar-refractivity contribution in [3.05, 3.63) is 62.4 Å². The highest BCUT2D eigenvalue weighted by molar-refractivity contribution is 7.66. The molecule has 3 fully saturated rings. The van der Waals surface area contributed by atoms with Crippen molar-refractivity contribution in [2.45, 2.75) is 73.9 Å². The van der Waals surface area contributed by atoms with Crippen molar-refractivity contribution in [3.63, 3.8) is 0 Å². The molecule has 1 amide bonds. The van der Waals surface area contributed by atoms with Crippen LogP contribution in [0.25, 0.3) is 22.3 Å². The lowest BCUT2D eigenvalue weighted by molar-refractivity contribution is -0.646. The number of nitrogen functional groups attached to an aromatic ring is 2. The van der Waals surface area contributed by atoms with E-state index in [0.29, 0.717) is 4.57 Å². The van der Waals surface area contributed by atoms with E-state index in [1.165, 1.54) is 17.9 Å². The Bertz CT molecular complexity index is 3350. The van der Waals surface area contributed by atoms with Crippen LogP contribution in [-0.4, -0.2) is 155 Å². The first-order valence-corrected chi connectivity index (χ1v) is 27.2. The lowest BCUT2D eigenvalue weighted by atomic mass is 9.94. The predicted octanol–water partition coefficient (Wildman–Crippen LogP) is -5.38. The van der Waals surface area contributed by atoms with E-state index in [9.17, 15) is 72.3 Å². The highest BCUT2D eigenvalue weighted by Crippen LogP contribution is 2.68. The minimum Gasteiger partial charge on any atom is -0.756 e. The zero-order valence-corrected chi connectivity index (χ0v) is 41.8. The highest BCUT2D eigenvalue weighted by Gasteiger charge is 2.53. The smallest absolute Gasteiger partial charge is 0.490 e. The molecule has 412 valence electrons. The number of aliphatic hydroxyl groups excluding tert-OH is 3. The van der Waals surface area contributed by atoms with Gasteiger partial charge in [0.1, 0.15) is 54.6 Å². The van der Waals surface area contributed by atoms with Gasteiger partial charge >= 0.3 is 34.7 Å². The Morgan fingerprint density at radius 2 is 1.43 bits per heavy atom. The number of aliphatic hydroxyl groups is 3. The van der Waals surface area contributed by atoms with Crippen LogP contribution in [0, 0.1) is 5.92 Å². The number of phosphoric ester groups is 3. The Labute approximate surface area is 415 Å². The summed E-state index contributed by atoms with van der Waals surface area (Å²) < 4.78 is 108. The predicted molar refractivity (Wildman–Crippen MR) is 237 cm³/mol. The van der Waals surface area contributed by atoms with Crippen molar-refractivity contribution in [3.8, 4) is 0 Å². The van der Waals surface area contributed by atoms with Crippen LogP contribution < -0.4 is 43.5 Å². The molecular formula is C33H45N13O25P4. The number of aryl methyl sites for hydroxylation is 1. The number of carbonyl (C=O) groups excluding carboxylic acids is 1. The highest BCUT2D eigenvalue weighted by atomic mass is 31.3. The number of methoxy groups -OCH3 is 1. The Kier molecular flexibility index (Phi) is 16.0. The van der Waals surface area contributed by atoms with Crippen LogP contribution in [0.4, 0.5) is 11.8 Å². The zero-order valence-electron chi connectivity index (χ0n) is 38.2. The molecule has 16 atom stereocenters. The molecule has 14 N–H and O–H groups in total. The van der Waals surface area contributed by atoms with Gasteiger partial charge in [-0.1, -0.05) is 0 Å². The number of rotatable bonds is 21. The van der Waals surface area contributed by atoms with Gasteiger partial charge in [-0.3, -0.25) is 47.1 Å². The maximum atomic E-state index is 13.5. The van der Waals surface area contributed by atoms with Crippen LogP contribution in [0.1, 0.15) is 25.1 Å². The molecule has 0 bridgehead atoms. The van der Waals surface area contributed by atoms with Crippen molar-refractivity contribution in [2.75, 3.05) is 38.4 Å². The van der Waals surface area contributed by atoms with E-state index < -0.39 is 154 Å². The molecule has 8 rings (SSSR count). The molecule has 5 aromatic rings. The molecule has 0 radical (unpaired) electrons. The molecule has 3 aliphatic rings. The number of primary amides is 1. The van der Waals surface area contributed by atoms with Gasteiger partial charge in [-0.15, -0.1) is 0 Å². The van der Waals surface area contributed by atoms with Crippen molar-refractivity contribution in [1.29, 1.82) is 0 Å². The van der Waals surface area contributed by atoms with Crippen LogP contribution in [0.5, 0.6) is 0 Å². The van der Waals surface area contributed by atoms with E-state index in [4.69, 9.17) is 54.2 Å². The number of fused-ring (bicyclic) bond motifs is 2. The Morgan fingerprint density at radius 3 is 2.08 bits per heavy atom. The van der Waals surface area contributed by atoms with Gasteiger partial charge in [-0.2, -0.15) is 18.2 Å². The molecule has 6 unspecified atom stereocenters. The van der Waals surface area contributed by atoms with Gasteiger partial charge in [0, 0.05) is 31.7 Å². The standard InChI is InChI=1S/C33H45N13O25P4/c1-43-11-46(27-19(43)28(52)42-32(36)41-27)29-20(49)12(5-16(34)47)13(66-29)6-64-73(56,57)70-75(60,61)71-74(58,59)65-8-15-23(24(62-2)31(68-15)45-10-39-18-25(35)37-9-38-26(18)45)69-72(54,55)63-7-14-21(50)22(51)30(67-14)44-4-3-17(48)40-33(44)53/h3-4,9-15,20-24,29-31,49-51H,5-8H2,1-2H3,(H11-,34,35,36,37,38,40,41,42,47,48,52,53,54,55,56,57,58,59,60,61)/t12?,13-,14-,15-,20-,21-,22-,23-,24-,29?,30-,31-/m1/s1. The van der Waals surface area contributed by atoms with E-state index >= 15 is 0 Å². The number of imidazole rings is 2. The number of phosphoric acid groups is 4. The summed E-state index contributed by atoms with van der Waals surface area (Å²) in [6.07, 6.45) is -15.0. The van der Waals surface area contributed by atoms with Crippen molar-refractivity contribution in [1.82, 2.24) is 43.6 Å². The molecule has 38 nitrogen and oxygen atoms in total. The summed E-state index contributed by atoms with van der Waals surface area (Å²) in [4.78, 5) is 114. The molecule has 0 aliphatic carbocycles. The van der Waals surface area contributed by atoms with E-state index in [0.717, 1.165) is 41.2 Å². The fraction of sp³-hybridized carbons (Fsp3) is 0.545. The first-order valence-electron chi connectivity index (χ1n) is 21.2. The number of aromatic nitrogens is 10. The quantitative estimate of drug-likeness (QED) is 0.0241. The number of anilines is 2. The maximum absolute atomic E-state index is 13.5. The van der Waals surface area contributed by atoms with Crippen molar-refractivity contribution >= 4 is 71.3 Å². The van der Waals surface area contributed by atoms with Gasteiger partial charge in [0.15, 0.2) is 23.9 Å². The van der Waals surface area contributed by atoms with Gasteiger partial charge in [0.05, 0.1) is 39.3 Å². The lowest BCUT2D eigenvalue weighted by Gasteiger charge is -2.31. The number of hydrogen-bond donors (Lipinski definition) is 11. The number of carbonyl (C=O) groups is 1. The zero-order chi connectivity index (χ0) is 54.7. The van der Waals surface area contributed by atoms with Gasteiger partial charge in [0.2, 0.25) is 24.4 Å². The molecule has 75 heavy (non-hydrogen) atoms. The molecule has 0 aromatic carbocycles. The fourth-order valence-corrected chi connectivity index (χ4v) is 12.8. The minimum atomic E-state index is -6.25. The molecule has 5 aromatic heterocycles. The number of amides is 1. The van der Waals surface area contributed by atoms with Crippen molar-refractivity contribution < 1.29 is 108 Å². The van der Waals surface area contributed by atoms with Gasteiger partial charge in [-0.25, -0.2) is 38.0 Å². The summed E-state index contributed by atoms with van der Waals surface area (Å²) in [6.45, 7) is -3.50. The van der Waals surface area contributed by atoms with Crippen LogP contribution in [0.3, 0.4) is 0 Å². The summed E-state index contributed by atoms with van der Waals surface area (Å²) in [6, 6.07) is 0.908. The largest absolute Gasteiger partial charge is 0.756 e. The van der Waals surface area contributed by atoms with E-state index in [1.807, 2.05) is 4.98 Å². The summed E-state index contributed by atoms with van der Waals surface area (Å²) in [5.74, 6) is -2.73. The number of nitrogens with two attached hydrogens (primary N) is 3. The second-order valence-corrected chi connectivity index (χ2v) is 22.5. The first kappa shape index (κ1) is 56.1. The van der Waals surface area contributed by atoms with Gasteiger partial charge in [-0.05, 0) is 0 Å². The maximum Gasteiger partial charge on any atom is 0.490 e. The molecule has 0 spiro atoms. The van der Waals surface area contributed by atoms with Crippen LogP contribution in [0.15, 0.2) is 45.6 Å². The van der Waals surface area contributed by atoms with E-state index in [2.05, 4.69) is 33.5 Å². The third-order valence-corrected chi connectivity index (χ3v) is 16.8. The molecule has 8 heterocycles. The summed E-state index contributed by atoms with van der Waals surface area (Å²) >= 11 is 0. The minimum absolute atomic E-state index is 0.0213. The third-order valence-electron chi connectivity index (χ3n) is 11.6. The number of hydrogen-bond acceptors (Lipinski definition) is 28. The van der Waals surface area contributed by atoms with Crippen LogP contribution >= 0.6 is 31.3 Å². The Balaban J connectivity index is 0.944. The second kappa shape index (κ2) is 21.4. The number of ether oxygens (including phenoxy) is 4. The van der Waals surface area contributed by atoms with Crippen LogP contribution in [0.2, 0.25) is 0 Å². The summed E-state index contributed by atoms with van der Waals surface area (Å²) in [5, 5.41) is 32.5. The normalized spacial score (nSPS) is 30.3. The van der Waals surface area contributed by atoms with Gasteiger partial charge in [0.25, 0.3) is 24.5 Å². The molecular weight excluding hydrogens is 1100 g/mol. The second-order valence-electron chi connectivity index (χ2n) is 16.5. The number of H-pyrrole nitrogens is 2. The number of nitrogens with zero attached hydrogens (tertiary/aromatic N) is 8. The molecule has 42 heteroatoms. The van der Waals surface area contributed by atoms with Crippen molar-refractivity contribution in [2.24, 2.45) is 18.7 Å². The summed E-state index contributed by atoms with van der Waals surface area (Å²) in [7, 11) is -21.4. The van der Waals surface area contributed by atoms with Crippen LogP contribution in [-0.2, 0) is 75.8 Å². The van der Waals surface area contributed by atoms with E-state index in [1.54, 1.807) is 0 Å². The molecule has 3 saturated heterocycles. The third kappa shape index (κ3) is 12.1. The average molecular weight is 1150 g/mol. The Morgan fingerprint density at radius 1 is 0.800 bits per heavy atom. The number of aromatic amines is 2. The SMILES string of the molecule is CO[C@@H]1[C@H](OP(=O)([O-])OC[C@H]2O[C@@H](n3ccc(=O)[nH]c3=O)[C@H](O)[C@@H]2O)[C@@H](COP(=O)(O)OP(=O)(O)OP(=O)(O)OC[C@H]2OC(n3c[n+](C)c4c(=O)[nH]c(N)nc43)[C@H](O)C2CC(N)=O)O[C@H]1n1cnc2c(N)ncnc21. The monoisotopic (exact) mass is 1150 g/mol. The molecule has 3 aliphatic heterocycles. The fourth-order valence-electron chi connectivity index (χ4n) is 8.35. The lowest BCUT2D eigenvalue weighted by Crippen LogP contribution is -2.39. The molecule has 0 saturated carbocycles. The average Bonchev–Trinajstić information content (AvgIpc) is 4.10. The first-order chi connectivity index (χ1) is 35.1.